The van der Waals surface area contributed by atoms with E-state index in [4.69, 9.17) is 14.4 Å². The third kappa shape index (κ3) is 5.62. The summed E-state index contributed by atoms with van der Waals surface area (Å²) in [7, 11) is 4.63. The van der Waals surface area contributed by atoms with Gasteiger partial charge < -0.3 is 14.4 Å². The molecule has 0 saturated carbocycles. The SMILES string of the molecule is CO/N=C(/C(=O)OC)c1cccc(C)c1CO/N=C(\C)c1c(P)ccc(C(F)(F)F)c1F. The lowest BCUT2D eigenvalue weighted by Crippen LogP contribution is -2.20. The van der Waals surface area contributed by atoms with Gasteiger partial charge in [0.25, 0.3) is 0 Å². The van der Waals surface area contributed by atoms with Crippen molar-refractivity contribution in [3.8, 4) is 0 Å². The molecule has 11 heteroatoms. The van der Waals surface area contributed by atoms with E-state index in [1.54, 1.807) is 25.1 Å². The van der Waals surface area contributed by atoms with Gasteiger partial charge in [-0.2, -0.15) is 13.2 Å². The molecule has 0 aliphatic heterocycles. The molecule has 1 unspecified atom stereocenters. The predicted octanol–water partition coefficient (Wildman–Crippen LogP) is 4.12. The van der Waals surface area contributed by atoms with Crippen LogP contribution in [0.1, 0.15) is 34.7 Å². The van der Waals surface area contributed by atoms with Gasteiger partial charge in [-0.25, -0.2) is 9.18 Å². The number of halogens is 4. The molecular weight excluding hydrogens is 451 g/mol. The molecule has 2 aromatic carbocycles. The van der Waals surface area contributed by atoms with Crippen molar-refractivity contribution in [1.82, 2.24) is 0 Å². The number of hydrogen-bond acceptors (Lipinski definition) is 6. The summed E-state index contributed by atoms with van der Waals surface area (Å²) in [6.07, 6.45) is -4.85. The third-order valence-corrected chi connectivity index (χ3v) is 4.96. The molecule has 2 rings (SSSR count). The Morgan fingerprint density at radius 1 is 1.12 bits per heavy atom. The van der Waals surface area contributed by atoms with Gasteiger partial charge in [0.1, 0.15) is 19.5 Å². The molecular formula is C21H21F4N2O4P. The lowest BCUT2D eigenvalue weighted by Gasteiger charge is -2.14. The predicted molar refractivity (Wildman–Crippen MR) is 114 cm³/mol. The van der Waals surface area contributed by atoms with Gasteiger partial charge in [0.15, 0.2) is 5.71 Å². The number of esters is 1. The molecule has 1 atom stereocenters. The standard InChI is InChI=1S/C21H21F4N2O4P/c1-11-6-5-7-13(19(27-30-4)20(28)29-3)14(11)10-31-26-12(2)17-16(32)9-8-15(18(17)22)21(23,24)25/h5-9H,10,32H2,1-4H3/b26-12+,27-19+. The molecule has 0 spiro atoms. The third-order valence-electron chi connectivity index (χ3n) is 4.48. The molecule has 0 amide bonds. The molecule has 172 valence electrons. The van der Waals surface area contributed by atoms with Crippen molar-refractivity contribution >= 4 is 31.9 Å². The average Bonchev–Trinajstić information content (AvgIpc) is 2.71. The first kappa shape index (κ1) is 25.3. The molecule has 0 aliphatic carbocycles. The first-order chi connectivity index (χ1) is 15.0. The maximum Gasteiger partial charge on any atom is 0.419 e. The Morgan fingerprint density at radius 2 is 1.81 bits per heavy atom. The van der Waals surface area contributed by atoms with Crippen LogP contribution >= 0.6 is 9.24 Å². The Bertz CT molecular complexity index is 1070. The molecule has 0 bridgehead atoms. The van der Waals surface area contributed by atoms with Crippen LogP contribution in [0.4, 0.5) is 17.6 Å². The minimum atomic E-state index is -4.85. The van der Waals surface area contributed by atoms with E-state index in [0.717, 1.165) is 11.6 Å². The Morgan fingerprint density at radius 3 is 2.41 bits per heavy atom. The van der Waals surface area contributed by atoms with Crippen LogP contribution < -0.4 is 5.30 Å². The lowest BCUT2D eigenvalue weighted by atomic mass is 9.99. The number of aryl methyl sites for hydroxylation is 1. The van der Waals surface area contributed by atoms with Crippen LogP contribution in [-0.2, 0) is 32.0 Å². The van der Waals surface area contributed by atoms with Crippen molar-refractivity contribution in [3.63, 3.8) is 0 Å². The van der Waals surface area contributed by atoms with E-state index in [9.17, 15) is 22.4 Å². The minimum Gasteiger partial charge on any atom is -0.464 e. The molecule has 0 N–H and O–H groups in total. The number of rotatable bonds is 7. The van der Waals surface area contributed by atoms with Crippen LogP contribution in [0.2, 0.25) is 0 Å². The van der Waals surface area contributed by atoms with Gasteiger partial charge in [0.2, 0.25) is 0 Å². The Hall–Kier alpha value is -3.00. The molecule has 0 fully saturated rings. The van der Waals surface area contributed by atoms with Crippen molar-refractivity contribution < 1.29 is 36.8 Å². The number of hydrogen-bond donors (Lipinski definition) is 0. The number of carbonyl (C=O) groups is 1. The van der Waals surface area contributed by atoms with Crippen molar-refractivity contribution in [2.75, 3.05) is 14.2 Å². The summed E-state index contributed by atoms with van der Waals surface area (Å²) in [6, 6.07) is 6.85. The fraction of sp³-hybridized carbons (Fsp3) is 0.286. The number of oxime groups is 2. The first-order valence-electron chi connectivity index (χ1n) is 9.13. The van der Waals surface area contributed by atoms with Crippen molar-refractivity contribution in [2.45, 2.75) is 26.6 Å². The fourth-order valence-electron chi connectivity index (χ4n) is 2.92. The molecule has 0 saturated heterocycles. The van der Waals surface area contributed by atoms with E-state index < -0.39 is 23.5 Å². The van der Waals surface area contributed by atoms with Crippen LogP contribution in [0, 0.1) is 12.7 Å². The smallest absolute Gasteiger partial charge is 0.419 e. The molecule has 0 radical (unpaired) electrons. The lowest BCUT2D eigenvalue weighted by molar-refractivity contribution is -0.140. The van der Waals surface area contributed by atoms with Gasteiger partial charge in [-0.3, -0.25) is 0 Å². The van der Waals surface area contributed by atoms with E-state index in [2.05, 4.69) is 19.6 Å². The zero-order chi connectivity index (χ0) is 24.1. The maximum absolute atomic E-state index is 14.5. The number of benzene rings is 2. The van der Waals surface area contributed by atoms with Crippen LogP contribution in [0.3, 0.4) is 0 Å². The number of ether oxygens (including phenoxy) is 1. The van der Waals surface area contributed by atoms with E-state index in [-0.39, 0.29) is 28.9 Å². The van der Waals surface area contributed by atoms with E-state index in [0.29, 0.717) is 17.2 Å². The largest absolute Gasteiger partial charge is 0.464 e. The fourth-order valence-corrected chi connectivity index (χ4v) is 3.35. The molecule has 0 heterocycles. The highest BCUT2D eigenvalue weighted by Gasteiger charge is 2.35. The highest BCUT2D eigenvalue weighted by Crippen LogP contribution is 2.32. The number of carbonyl (C=O) groups excluding carboxylic acids is 1. The quantitative estimate of drug-likeness (QED) is 0.200. The zero-order valence-corrected chi connectivity index (χ0v) is 18.9. The van der Waals surface area contributed by atoms with E-state index in [1.165, 1.54) is 21.1 Å². The second-order valence-corrected chi connectivity index (χ2v) is 7.18. The van der Waals surface area contributed by atoms with E-state index in [1.807, 2.05) is 0 Å². The zero-order valence-electron chi connectivity index (χ0n) is 17.7. The second kappa shape index (κ2) is 10.5. The van der Waals surface area contributed by atoms with Gasteiger partial charge in [-0.15, -0.1) is 9.24 Å². The van der Waals surface area contributed by atoms with Crippen LogP contribution in [0.25, 0.3) is 0 Å². The second-order valence-electron chi connectivity index (χ2n) is 6.55. The average molecular weight is 472 g/mol. The van der Waals surface area contributed by atoms with Gasteiger partial charge >= 0.3 is 12.1 Å². The van der Waals surface area contributed by atoms with Crippen molar-refractivity contribution in [3.05, 3.63) is 64.0 Å². The number of methoxy groups -OCH3 is 1. The Balaban J connectivity index is 2.39. The normalized spacial score (nSPS) is 12.5. The Kier molecular flexibility index (Phi) is 8.32. The van der Waals surface area contributed by atoms with Gasteiger partial charge in [0, 0.05) is 16.7 Å². The minimum absolute atomic E-state index is 0.0903. The summed E-state index contributed by atoms with van der Waals surface area (Å²) < 4.78 is 58.4. The van der Waals surface area contributed by atoms with Crippen LogP contribution in [0.5, 0.6) is 0 Å². The van der Waals surface area contributed by atoms with E-state index >= 15 is 0 Å². The highest BCUT2D eigenvalue weighted by atomic mass is 31.0. The molecule has 32 heavy (non-hydrogen) atoms. The summed E-state index contributed by atoms with van der Waals surface area (Å²) in [5, 5.41) is 7.69. The monoisotopic (exact) mass is 472 g/mol. The highest BCUT2D eigenvalue weighted by molar-refractivity contribution is 7.27. The van der Waals surface area contributed by atoms with Gasteiger partial charge in [0.05, 0.1) is 18.4 Å². The molecule has 2 aromatic rings. The molecule has 6 nitrogen and oxygen atoms in total. The summed E-state index contributed by atoms with van der Waals surface area (Å²) in [5.41, 5.74) is -0.315. The first-order valence-corrected chi connectivity index (χ1v) is 9.71. The summed E-state index contributed by atoms with van der Waals surface area (Å²) in [6.45, 7) is 2.91. The summed E-state index contributed by atoms with van der Waals surface area (Å²) in [4.78, 5) is 22.1. The maximum atomic E-state index is 14.5. The number of nitrogens with zero attached hydrogens (tertiary/aromatic N) is 2. The van der Waals surface area contributed by atoms with Crippen LogP contribution in [-0.4, -0.2) is 31.6 Å². The Labute approximate surface area is 184 Å². The van der Waals surface area contributed by atoms with Crippen molar-refractivity contribution in [2.24, 2.45) is 10.3 Å². The summed E-state index contributed by atoms with van der Waals surface area (Å²) >= 11 is 0. The summed E-state index contributed by atoms with van der Waals surface area (Å²) in [5.74, 6) is -2.18. The topological polar surface area (TPSA) is 69.5 Å². The van der Waals surface area contributed by atoms with Crippen molar-refractivity contribution in [1.29, 1.82) is 0 Å². The number of alkyl halides is 3. The van der Waals surface area contributed by atoms with Gasteiger partial charge in [-0.05, 0) is 30.8 Å². The molecule has 0 aromatic heterocycles. The van der Waals surface area contributed by atoms with Crippen LogP contribution in [0.15, 0.2) is 40.6 Å². The van der Waals surface area contributed by atoms with Gasteiger partial charge in [-0.1, -0.05) is 34.6 Å². The molecule has 0 aliphatic rings.